The van der Waals surface area contributed by atoms with Crippen molar-refractivity contribution in [3.05, 3.63) is 22.8 Å². The normalized spacial score (nSPS) is 12.4. The monoisotopic (exact) mass is 250 g/mol. The first-order chi connectivity index (χ1) is 8.63. The van der Waals surface area contributed by atoms with Crippen molar-refractivity contribution in [2.75, 3.05) is 0 Å². The van der Waals surface area contributed by atoms with Crippen molar-refractivity contribution in [3.63, 3.8) is 0 Å². The molecule has 8 heteroatoms. The highest BCUT2D eigenvalue weighted by Crippen LogP contribution is 2.15. The van der Waals surface area contributed by atoms with Gasteiger partial charge in [0.25, 0.3) is 5.91 Å². The molecule has 2 aromatic rings. The molecule has 2 aromatic heterocycles. The van der Waals surface area contributed by atoms with Gasteiger partial charge in [0.05, 0.1) is 11.7 Å². The number of aromatic nitrogens is 5. The Morgan fingerprint density at radius 3 is 2.94 bits per heavy atom. The van der Waals surface area contributed by atoms with Gasteiger partial charge in [-0.2, -0.15) is 5.21 Å². The minimum atomic E-state index is -0.338. The number of H-pyrrole nitrogens is 1. The Labute approximate surface area is 103 Å². The van der Waals surface area contributed by atoms with Crippen LogP contribution in [0.1, 0.15) is 47.5 Å². The van der Waals surface area contributed by atoms with Crippen molar-refractivity contribution in [1.29, 1.82) is 0 Å². The highest BCUT2D eigenvalue weighted by atomic mass is 16.5. The van der Waals surface area contributed by atoms with Gasteiger partial charge in [-0.3, -0.25) is 4.79 Å². The van der Waals surface area contributed by atoms with Crippen LogP contribution in [-0.2, 0) is 6.42 Å². The van der Waals surface area contributed by atoms with Crippen LogP contribution in [0.5, 0.6) is 0 Å². The molecule has 0 radical (unpaired) electrons. The van der Waals surface area contributed by atoms with Crippen LogP contribution in [0.15, 0.2) is 4.52 Å². The summed E-state index contributed by atoms with van der Waals surface area (Å²) in [4.78, 5) is 12.1. The lowest BCUT2D eigenvalue weighted by Crippen LogP contribution is -2.28. The van der Waals surface area contributed by atoms with Crippen LogP contribution >= 0.6 is 0 Å². The van der Waals surface area contributed by atoms with Crippen LogP contribution in [0.25, 0.3) is 0 Å². The zero-order valence-electron chi connectivity index (χ0n) is 10.4. The fourth-order valence-corrected chi connectivity index (χ4v) is 1.64. The number of hydrogen-bond acceptors (Lipinski definition) is 6. The fourth-order valence-electron chi connectivity index (χ4n) is 1.64. The molecule has 0 aliphatic carbocycles. The van der Waals surface area contributed by atoms with E-state index in [4.69, 9.17) is 4.52 Å². The summed E-state index contributed by atoms with van der Waals surface area (Å²) in [6.07, 6.45) is 0.636. The lowest BCUT2D eigenvalue weighted by atomic mass is 10.1. The molecule has 2 heterocycles. The Bertz CT molecular complexity index is 533. The number of amides is 1. The van der Waals surface area contributed by atoms with Gasteiger partial charge in [-0.25, -0.2) is 0 Å². The van der Waals surface area contributed by atoms with E-state index in [1.165, 1.54) is 0 Å². The molecule has 18 heavy (non-hydrogen) atoms. The number of aryl methyl sites for hydroxylation is 2. The summed E-state index contributed by atoms with van der Waals surface area (Å²) in [6.45, 7) is 5.40. The Balaban J connectivity index is 2.15. The van der Waals surface area contributed by atoms with Gasteiger partial charge in [0, 0.05) is 0 Å². The largest absolute Gasteiger partial charge is 0.361 e. The Kier molecular flexibility index (Phi) is 3.35. The summed E-state index contributed by atoms with van der Waals surface area (Å²) < 4.78 is 5.02. The summed E-state index contributed by atoms with van der Waals surface area (Å²) in [5, 5.41) is 20.0. The number of tetrazole rings is 1. The molecule has 0 bridgehead atoms. The molecule has 0 saturated heterocycles. The predicted octanol–water partition coefficient (Wildman–Crippen LogP) is 0.550. The van der Waals surface area contributed by atoms with Gasteiger partial charge in [0.15, 0.2) is 5.82 Å². The predicted molar refractivity (Wildman–Crippen MR) is 60.7 cm³/mol. The van der Waals surface area contributed by atoms with Gasteiger partial charge in [-0.15, -0.1) is 10.2 Å². The Morgan fingerprint density at radius 1 is 1.56 bits per heavy atom. The summed E-state index contributed by atoms with van der Waals surface area (Å²) in [7, 11) is 0. The van der Waals surface area contributed by atoms with E-state index in [1.807, 2.05) is 6.92 Å². The average Bonchev–Trinajstić information content (AvgIpc) is 2.97. The van der Waals surface area contributed by atoms with E-state index >= 15 is 0 Å². The van der Waals surface area contributed by atoms with Crippen LogP contribution in [0.2, 0.25) is 0 Å². The zero-order chi connectivity index (χ0) is 13.1. The Morgan fingerprint density at radius 2 is 2.33 bits per heavy atom. The third kappa shape index (κ3) is 2.22. The standard InChI is InChI=1S/C10H14N6O2/c1-4-7-8(6(3)18-14-7)10(17)11-5(2)9-12-15-16-13-9/h5H,4H2,1-3H3,(H,11,17)(H,12,13,15,16). The molecule has 0 fully saturated rings. The van der Waals surface area contributed by atoms with Gasteiger partial charge in [0.1, 0.15) is 11.3 Å². The quantitative estimate of drug-likeness (QED) is 0.820. The van der Waals surface area contributed by atoms with E-state index in [-0.39, 0.29) is 11.9 Å². The molecule has 2 rings (SSSR count). The van der Waals surface area contributed by atoms with Crippen LogP contribution in [0, 0.1) is 6.92 Å². The fraction of sp³-hybridized carbons (Fsp3) is 0.500. The summed E-state index contributed by atoms with van der Waals surface area (Å²) >= 11 is 0. The molecular formula is C10H14N6O2. The van der Waals surface area contributed by atoms with E-state index in [0.717, 1.165) is 0 Å². The highest BCUT2D eigenvalue weighted by molar-refractivity contribution is 5.96. The Hall–Kier alpha value is -2.25. The van der Waals surface area contributed by atoms with Crippen molar-refractivity contribution >= 4 is 5.91 Å². The minimum Gasteiger partial charge on any atom is -0.361 e. The summed E-state index contributed by atoms with van der Waals surface area (Å²) in [5.74, 6) is 0.683. The molecule has 96 valence electrons. The molecule has 1 unspecified atom stereocenters. The van der Waals surface area contributed by atoms with E-state index in [2.05, 4.69) is 31.1 Å². The van der Waals surface area contributed by atoms with Crippen LogP contribution in [0.4, 0.5) is 0 Å². The van der Waals surface area contributed by atoms with Gasteiger partial charge >= 0.3 is 0 Å². The van der Waals surface area contributed by atoms with Gasteiger partial charge in [-0.05, 0) is 20.3 Å². The molecule has 1 amide bonds. The first kappa shape index (κ1) is 12.2. The second-order valence-corrected chi connectivity index (χ2v) is 3.88. The van der Waals surface area contributed by atoms with Crippen LogP contribution < -0.4 is 5.32 Å². The van der Waals surface area contributed by atoms with Gasteiger partial charge in [0.2, 0.25) is 0 Å². The smallest absolute Gasteiger partial charge is 0.257 e. The molecule has 8 nitrogen and oxygen atoms in total. The summed E-state index contributed by atoms with van der Waals surface area (Å²) in [6, 6.07) is -0.338. The second-order valence-electron chi connectivity index (χ2n) is 3.88. The van der Waals surface area contributed by atoms with E-state index < -0.39 is 0 Å². The zero-order valence-corrected chi connectivity index (χ0v) is 10.4. The maximum atomic E-state index is 12.1. The maximum absolute atomic E-state index is 12.1. The number of carbonyl (C=O) groups is 1. The number of aromatic amines is 1. The van der Waals surface area contributed by atoms with Crippen molar-refractivity contribution in [3.8, 4) is 0 Å². The van der Waals surface area contributed by atoms with Crippen molar-refractivity contribution in [2.24, 2.45) is 0 Å². The number of hydrogen-bond donors (Lipinski definition) is 2. The first-order valence-corrected chi connectivity index (χ1v) is 5.62. The third-order valence-corrected chi connectivity index (χ3v) is 2.59. The first-order valence-electron chi connectivity index (χ1n) is 5.62. The van der Waals surface area contributed by atoms with Crippen molar-refractivity contribution in [1.82, 2.24) is 31.1 Å². The van der Waals surface area contributed by atoms with E-state index in [9.17, 15) is 4.79 Å². The summed E-state index contributed by atoms with van der Waals surface area (Å²) in [5.41, 5.74) is 1.12. The molecule has 0 aromatic carbocycles. The maximum Gasteiger partial charge on any atom is 0.257 e. The van der Waals surface area contributed by atoms with Gasteiger partial charge in [-0.1, -0.05) is 17.3 Å². The lowest BCUT2D eigenvalue weighted by Gasteiger charge is -2.09. The number of rotatable bonds is 4. The number of carbonyl (C=O) groups excluding carboxylic acids is 1. The van der Waals surface area contributed by atoms with Crippen LogP contribution in [0.3, 0.4) is 0 Å². The second kappa shape index (κ2) is 4.94. The van der Waals surface area contributed by atoms with Crippen molar-refractivity contribution < 1.29 is 9.32 Å². The molecule has 0 spiro atoms. The van der Waals surface area contributed by atoms with Crippen molar-refractivity contribution in [2.45, 2.75) is 33.2 Å². The molecule has 0 aliphatic heterocycles. The lowest BCUT2D eigenvalue weighted by molar-refractivity contribution is 0.0936. The molecule has 0 aliphatic rings. The number of nitrogens with one attached hydrogen (secondary N) is 2. The average molecular weight is 250 g/mol. The van der Waals surface area contributed by atoms with E-state index in [0.29, 0.717) is 29.3 Å². The highest BCUT2D eigenvalue weighted by Gasteiger charge is 2.22. The molecule has 1 atom stereocenters. The number of nitrogens with zero attached hydrogens (tertiary/aromatic N) is 4. The molecule has 2 N–H and O–H groups in total. The molecule has 0 saturated carbocycles. The molecular weight excluding hydrogens is 236 g/mol. The third-order valence-electron chi connectivity index (χ3n) is 2.59. The van der Waals surface area contributed by atoms with Crippen LogP contribution in [-0.4, -0.2) is 31.7 Å². The van der Waals surface area contributed by atoms with E-state index in [1.54, 1.807) is 13.8 Å². The topological polar surface area (TPSA) is 110 Å². The minimum absolute atomic E-state index is 0.247. The van der Waals surface area contributed by atoms with Gasteiger partial charge < -0.3 is 9.84 Å². The SMILES string of the molecule is CCc1noc(C)c1C(=O)NC(C)c1nn[nH]n1.